The van der Waals surface area contributed by atoms with Crippen LogP contribution < -0.4 is 0 Å². The van der Waals surface area contributed by atoms with Crippen LogP contribution in [0.5, 0.6) is 0 Å². The largest absolute Gasteiger partial charge is 0.297 e. The first kappa shape index (κ1) is 10.7. The van der Waals surface area contributed by atoms with Crippen LogP contribution in [0, 0.1) is 15.9 Å². The Morgan fingerprint density at radius 1 is 1.50 bits per heavy atom. The van der Waals surface area contributed by atoms with Crippen LogP contribution >= 0.6 is 15.9 Å². The number of rotatable bonds is 2. The van der Waals surface area contributed by atoms with Gasteiger partial charge in [0.15, 0.2) is 0 Å². The second kappa shape index (κ2) is 4.01. The Hall–Kier alpha value is -1.76. The molecule has 0 unspecified atom stereocenters. The molecule has 1 aromatic heterocycles. The summed E-state index contributed by atoms with van der Waals surface area (Å²) in [6, 6.07) is 3.33. The van der Waals surface area contributed by atoms with Gasteiger partial charge in [0.25, 0.3) is 5.69 Å². The van der Waals surface area contributed by atoms with Crippen molar-refractivity contribution in [2.24, 2.45) is 0 Å². The van der Waals surface area contributed by atoms with E-state index in [1.54, 1.807) is 6.20 Å². The molecule has 1 aromatic carbocycles. The van der Waals surface area contributed by atoms with E-state index >= 15 is 0 Å². The van der Waals surface area contributed by atoms with Gasteiger partial charge < -0.3 is 0 Å². The normalized spacial score (nSPS) is 10.4. The highest BCUT2D eigenvalue weighted by Crippen LogP contribution is 2.24. The maximum Gasteiger partial charge on any atom is 0.297 e. The smallest absolute Gasteiger partial charge is 0.258 e. The van der Waals surface area contributed by atoms with Crippen molar-refractivity contribution in [2.45, 2.75) is 0 Å². The summed E-state index contributed by atoms with van der Waals surface area (Å²) >= 11 is 3.18. The molecule has 0 spiro atoms. The quantitative estimate of drug-likeness (QED) is 0.630. The average molecular weight is 286 g/mol. The minimum absolute atomic E-state index is 0.220. The van der Waals surface area contributed by atoms with Crippen molar-refractivity contribution in [1.29, 1.82) is 0 Å². The van der Waals surface area contributed by atoms with E-state index in [-0.39, 0.29) is 11.4 Å². The lowest BCUT2D eigenvalue weighted by Crippen LogP contribution is -2.00. The molecule has 0 bridgehead atoms. The Morgan fingerprint density at radius 3 is 2.81 bits per heavy atom. The lowest BCUT2D eigenvalue weighted by atomic mass is 10.2. The summed E-state index contributed by atoms with van der Waals surface area (Å²) in [6.07, 6.45) is 3.05. The molecule has 82 valence electrons. The highest BCUT2D eigenvalue weighted by molar-refractivity contribution is 9.10. The van der Waals surface area contributed by atoms with E-state index < -0.39 is 10.7 Å². The highest BCUT2D eigenvalue weighted by atomic mass is 79.9. The van der Waals surface area contributed by atoms with Gasteiger partial charge in [-0.25, -0.2) is 9.07 Å². The molecular formula is C9H5BrFN3O2. The van der Waals surface area contributed by atoms with Crippen LogP contribution in [-0.2, 0) is 0 Å². The molecule has 0 amide bonds. The fourth-order valence-electron chi connectivity index (χ4n) is 1.27. The molecule has 16 heavy (non-hydrogen) atoms. The topological polar surface area (TPSA) is 61.0 Å². The van der Waals surface area contributed by atoms with E-state index in [1.807, 2.05) is 0 Å². The van der Waals surface area contributed by atoms with Crippen molar-refractivity contribution in [3.63, 3.8) is 0 Å². The van der Waals surface area contributed by atoms with Crippen molar-refractivity contribution >= 4 is 21.6 Å². The fraction of sp³-hybridized carbons (Fsp3) is 0. The van der Waals surface area contributed by atoms with Gasteiger partial charge in [0, 0.05) is 6.20 Å². The number of nitro benzene ring substituents is 1. The number of halogens is 2. The lowest BCUT2D eigenvalue weighted by Gasteiger charge is -2.02. The van der Waals surface area contributed by atoms with Crippen LogP contribution in [-0.4, -0.2) is 14.7 Å². The molecule has 2 rings (SSSR count). The summed E-state index contributed by atoms with van der Waals surface area (Å²) in [5.74, 6) is -0.651. The van der Waals surface area contributed by atoms with Gasteiger partial charge >= 0.3 is 0 Å². The Morgan fingerprint density at radius 2 is 2.25 bits per heavy atom. The number of nitrogens with zero attached hydrogens (tertiary/aromatic N) is 3. The zero-order chi connectivity index (χ0) is 11.7. The van der Waals surface area contributed by atoms with E-state index in [0.29, 0.717) is 4.47 Å². The van der Waals surface area contributed by atoms with E-state index in [4.69, 9.17) is 0 Å². The zero-order valence-corrected chi connectivity index (χ0v) is 9.39. The zero-order valence-electron chi connectivity index (χ0n) is 7.80. The summed E-state index contributed by atoms with van der Waals surface area (Å²) in [5.41, 5.74) is -0.104. The predicted octanol–water partition coefficient (Wildman–Crippen LogP) is 2.68. The molecule has 1 heterocycles. The molecule has 0 radical (unpaired) electrons. The average Bonchev–Trinajstić information content (AvgIpc) is 2.64. The van der Waals surface area contributed by atoms with Gasteiger partial charge in [-0.15, -0.1) is 0 Å². The molecule has 0 fully saturated rings. The van der Waals surface area contributed by atoms with Crippen LogP contribution in [0.2, 0.25) is 0 Å². The molecule has 0 aliphatic heterocycles. The summed E-state index contributed by atoms with van der Waals surface area (Å²) < 4.78 is 14.9. The van der Waals surface area contributed by atoms with E-state index in [0.717, 1.165) is 12.1 Å². The summed E-state index contributed by atoms with van der Waals surface area (Å²) in [7, 11) is 0. The highest BCUT2D eigenvalue weighted by Gasteiger charge is 2.16. The molecule has 0 atom stereocenters. The predicted molar refractivity (Wildman–Crippen MR) is 57.9 cm³/mol. The Labute approximate surface area is 97.8 Å². The minimum atomic E-state index is -0.651. The minimum Gasteiger partial charge on any atom is -0.258 e. The number of nitro groups is 1. The van der Waals surface area contributed by atoms with E-state index in [9.17, 15) is 14.5 Å². The van der Waals surface area contributed by atoms with Gasteiger partial charge in [-0.3, -0.25) is 10.1 Å². The lowest BCUT2D eigenvalue weighted by molar-refractivity contribution is -0.384. The van der Waals surface area contributed by atoms with Crippen molar-refractivity contribution in [3.05, 3.63) is 51.0 Å². The van der Waals surface area contributed by atoms with Gasteiger partial charge in [-0.1, -0.05) is 0 Å². The standard InChI is InChI=1S/C9H5BrFN3O2/c10-6-4-12-13(5-6)8-2-1-7(11)3-9(8)14(15)16/h1-5H. The monoisotopic (exact) mass is 285 g/mol. The summed E-state index contributed by atoms with van der Waals surface area (Å²) in [5, 5.41) is 14.6. The SMILES string of the molecule is O=[N+]([O-])c1cc(F)ccc1-n1cc(Br)cn1. The van der Waals surface area contributed by atoms with Crippen LogP contribution in [0.25, 0.3) is 5.69 Å². The third kappa shape index (κ3) is 1.94. The second-order valence-corrected chi connectivity index (χ2v) is 3.91. The molecule has 0 aliphatic carbocycles. The number of hydrogen-bond donors (Lipinski definition) is 0. The fourth-order valence-corrected chi connectivity index (χ4v) is 1.55. The first-order chi connectivity index (χ1) is 7.58. The van der Waals surface area contributed by atoms with Gasteiger partial charge in [-0.2, -0.15) is 5.10 Å². The Bertz CT molecular complexity index is 555. The van der Waals surface area contributed by atoms with Crippen LogP contribution in [0.4, 0.5) is 10.1 Å². The first-order valence-electron chi connectivity index (χ1n) is 4.22. The third-order valence-corrected chi connectivity index (χ3v) is 2.34. The molecule has 0 N–H and O–H groups in total. The first-order valence-corrected chi connectivity index (χ1v) is 5.02. The van der Waals surface area contributed by atoms with Gasteiger partial charge in [0.2, 0.25) is 0 Å². The molecule has 0 saturated heterocycles. The molecule has 5 nitrogen and oxygen atoms in total. The van der Waals surface area contributed by atoms with Gasteiger partial charge in [0.1, 0.15) is 11.5 Å². The Balaban J connectivity index is 2.60. The number of hydrogen-bond acceptors (Lipinski definition) is 3. The van der Waals surface area contributed by atoms with Crippen molar-refractivity contribution < 1.29 is 9.31 Å². The van der Waals surface area contributed by atoms with Gasteiger partial charge in [0.05, 0.1) is 21.7 Å². The molecule has 2 aromatic rings. The summed E-state index contributed by atoms with van der Waals surface area (Å²) in [6.45, 7) is 0. The molecule has 7 heteroatoms. The van der Waals surface area contributed by atoms with Crippen LogP contribution in [0.15, 0.2) is 35.1 Å². The molecule has 0 saturated carbocycles. The Kier molecular flexibility index (Phi) is 2.69. The summed E-state index contributed by atoms with van der Waals surface area (Å²) in [4.78, 5) is 10.1. The van der Waals surface area contributed by atoms with E-state index in [1.165, 1.54) is 16.9 Å². The van der Waals surface area contributed by atoms with Crippen LogP contribution in [0.3, 0.4) is 0 Å². The molecular weight excluding hydrogens is 281 g/mol. The van der Waals surface area contributed by atoms with Crippen molar-refractivity contribution in [1.82, 2.24) is 9.78 Å². The van der Waals surface area contributed by atoms with Crippen molar-refractivity contribution in [3.8, 4) is 5.69 Å². The second-order valence-electron chi connectivity index (χ2n) is 2.99. The van der Waals surface area contributed by atoms with E-state index in [2.05, 4.69) is 21.0 Å². The third-order valence-electron chi connectivity index (χ3n) is 1.93. The van der Waals surface area contributed by atoms with Gasteiger partial charge in [-0.05, 0) is 28.1 Å². The maximum absolute atomic E-state index is 12.9. The number of aromatic nitrogens is 2. The molecule has 0 aliphatic rings. The number of benzene rings is 1. The maximum atomic E-state index is 12.9. The van der Waals surface area contributed by atoms with Crippen molar-refractivity contribution in [2.75, 3.05) is 0 Å². The van der Waals surface area contributed by atoms with Crippen LogP contribution in [0.1, 0.15) is 0 Å².